The number of hydrogen-bond acceptors (Lipinski definition) is 4. The Bertz CT molecular complexity index is 509. The Morgan fingerprint density at radius 3 is 2.89 bits per heavy atom. The molecular formula is C14H20N4O. The number of nitrogens with zero attached hydrogens (tertiary/aromatic N) is 3. The predicted octanol–water partition coefficient (Wildman–Crippen LogP) is 1.91. The molecule has 5 nitrogen and oxygen atoms in total. The van der Waals surface area contributed by atoms with E-state index in [2.05, 4.69) is 22.3 Å². The minimum Gasteiger partial charge on any atom is -0.493 e. The van der Waals surface area contributed by atoms with E-state index >= 15 is 0 Å². The molecule has 1 unspecified atom stereocenters. The van der Waals surface area contributed by atoms with E-state index < -0.39 is 0 Å². The predicted molar refractivity (Wildman–Crippen MR) is 74.1 cm³/mol. The molecule has 2 aromatic rings. The Balaban J connectivity index is 2.40. The average Bonchev–Trinajstić information content (AvgIpc) is 2.82. The second-order valence-corrected chi connectivity index (χ2v) is 4.36. The number of pyridine rings is 1. The third-order valence-electron chi connectivity index (χ3n) is 3.02. The van der Waals surface area contributed by atoms with Gasteiger partial charge in [-0.15, -0.1) is 0 Å². The first-order valence-electron chi connectivity index (χ1n) is 6.48. The zero-order valence-electron chi connectivity index (χ0n) is 11.6. The summed E-state index contributed by atoms with van der Waals surface area (Å²) in [6.07, 6.45) is 4.60. The van der Waals surface area contributed by atoms with E-state index in [1.54, 1.807) is 19.5 Å². The highest BCUT2D eigenvalue weighted by molar-refractivity contribution is 5.33. The van der Waals surface area contributed by atoms with Gasteiger partial charge in [0.1, 0.15) is 5.69 Å². The topological polar surface area (TPSA) is 52.0 Å². The molecule has 0 amide bonds. The summed E-state index contributed by atoms with van der Waals surface area (Å²) in [5.41, 5.74) is 1.97. The fourth-order valence-corrected chi connectivity index (χ4v) is 2.09. The summed E-state index contributed by atoms with van der Waals surface area (Å²) in [4.78, 5) is 4.45. The Hall–Kier alpha value is -1.88. The van der Waals surface area contributed by atoms with Gasteiger partial charge >= 0.3 is 0 Å². The zero-order chi connectivity index (χ0) is 13.7. The molecule has 1 atom stereocenters. The van der Waals surface area contributed by atoms with E-state index in [0.29, 0.717) is 0 Å². The zero-order valence-corrected chi connectivity index (χ0v) is 11.6. The molecule has 0 saturated heterocycles. The Kier molecular flexibility index (Phi) is 4.52. The number of hydrogen-bond donors (Lipinski definition) is 1. The lowest BCUT2D eigenvalue weighted by molar-refractivity contribution is 0.399. The summed E-state index contributed by atoms with van der Waals surface area (Å²) in [7, 11) is 3.58. The molecule has 5 heteroatoms. The summed E-state index contributed by atoms with van der Waals surface area (Å²) in [5.74, 6) is 0.779. The van der Waals surface area contributed by atoms with Crippen molar-refractivity contribution in [1.29, 1.82) is 0 Å². The molecule has 0 radical (unpaired) electrons. The van der Waals surface area contributed by atoms with Gasteiger partial charge < -0.3 is 10.1 Å². The summed E-state index contributed by atoms with van der Waals surface area (Å²) in [6, 6.07) is 5.91. The molecule has 0 aromatic carbocycles. The first-order chi connectivity index (χ1) is 9.27. The van der Waals surface area contributed by atoms with Gasteiger partial charge in [0.2, 0.25) is 0 Å². The molecule has 0 aliphatic rings. The first kappa shape index (κ1) is 13.5. The number of nitrogens with one attached hydrogen (secondary N) is 1. The van der Waals surface area contributed by atoms with Crippen LogP contribution in [-0.2, 0) is 7.05 Å². The molecule has 0 aliphatic heterocycles. The fourth-order valence-electron chi connectivity index (χ4n) is 2.09. The molecule has 2 rings (SSSR count). The van der Waals surface area contributed by atoms with E-state index in [1.807, 2.05) is 29.9 Å². The van der Waals surface area contributed by atoms with Crippen molar-refractivity contribution >= 4 is 0 Å². The van der Waals surface area contributed by atoms with Gasteiger partial charge in [-0.25, -0.2) is 0 Å². The van der Waals surface area contributed by atoms with Crippen LogP contribution in [0.4, 0.5) is 0 Å². The van der Waals surface area contributed by atoms with Gasteiger partial charge in [0.15, 0.2) is 5.75 Å². The number of methoxy groups -OCH3 is 1. The monoisotopic (exact) mass is 260 g/mol. The van der Waals surface area contributed by atoms with Gasteiger partial charge in [-0.1, -0.05) is 13.0 Å². The van der Waals surface area contributed by atoms with Crippen molar-refractivity contribution < 1.29 is 4.74 Å². The lowest BCUT2D eigenvalue weighted by Gasteiger charge is -2.19. The Morgan fingerprint density at radius 1 is 1.42 bits per heavy atom. The quantitative estimate of drug-likeness (QED) is 0.862. The average molecular weight is 260 g/mol. The van der Waals surface area contributed by atoms with Crippen molar-refractivity contribution in [3.8, 4) is 5.75 Å². The second-order valence-electron chi connectivity index (χ2n) is 4.36. The van der Waals surface area contributed by atoms with Crippen molar-refractivity contribution in [2.75, 3.05) is 13.7 Å². The molecule has 0 fully saturated rings. The van der Waals surface area contributed by atoms with Gasteiger partial charge in [-0.2, -0.15) is 5.10 Å². The highest BCUT2D eigenvalue weighted by Gasteiger charge is 2.22. The van der Waals surface area contributed by atoms with Crippen LogP contribution in [0.15, 0.2) is 30.6 Å². The molecule has 1 N–H and O–H groups in total. The van der Waals surface area contributed by atoms with Crippen LogP contribution in [0, 0.1) is 0 Å². The third kappa shape index (κ3) is 2.93. The van der Waals surface area contributed by atoms with Crippen molar-refractivity contribution in [3.63, 3.8) is 0 Å². The van der Waals surface area contributed by atoms with E-state index in [9.17, 15) is 0 Å². The molecule has 2 aromatic heterocycles. The highest BCUT2D eigenvalue weighted by atomic mass is 16.5. The van der Waals surface area contributed by atoms with Gasteiger partial charge in [-0.05, 0) is 25.1 Å². The van der Waals surface area contributed by atoms with Crippen LogP contribution in [0.25, 0.3) is 0 Å². The largest absolute Gasteiger partial charge is 0.493 e. The maximum absolute atomic E-state index is 5.40. The van der Waals surface area contributed by atoms with Gasteiger partial charge in [-0.3, -0.25) is 9.67 Å². The van der Waals surface area contributed by atoms with Crippen LogP contribution >= 0.6 is 0 Å². The van der Waals surface area contributed by atoms with Crippen molar-refractivity contribution in [3.05, 3.63) is 42.0 Å². The van der Waals surface area contributed by atoms with Gasteiger partial charge in [0.25, 0.3) is 0 Å². The van der Waals surface area contributed by atoms with Gasteiger partial charge in [0, 0.05) is 13.2 Å². The minimum atomic E-state index is -0.0106. The Labute approximate surface area is 113 Å². The first-order valence-corrected chi connectivity index (χ1v) is 6.48. The summed E-state index contributed by atoms with van der Waals surface area (Å²) in [6.45, 7) is 3.05. The van der Waals surface area contributed by atoms with Crippen LogP contribution in [0.3, 0.4) is 0 Å². The number of aromatic nitrogens is 3. The third-order valence-corrected chi connectivity index (χ3v) is 3.02. The number of aryl methyl sites for hydroxylation is 1. The number of ether oxygens (including phenoxy) is 1. The SMILES string of the molecule is CCCNC(c1ccccn1)c1c(OC)cnn1C. The maximum Gasteiger partial charge on any atom is 0.161 e. The molecule has 19 heavy (non-hydrogen) atoms. The lowest BCUT2D eigenvalue weighted by Crippen LogP contribution is -2.26. The molecule has 0 spiro atoms. The van der Waals surface area contributed by atoms with Gasteiger partial charge in [0.05, 0.1) is 25.0 Å². The molecule has 0 saturated carbocycles. The van der Waals surface area contributed by atoms with Crippen LogP contribution in [0.2, 0.25) is 0 Å². The highest BCUT2D eigenvalue weighted by Crippen LogP contribution is 2.28. The number of rotatable bonds is 6. The van der Waals surface area contributed by atoms with Crippen molar-refractivity contribution in [2.24, 2.45) is 7.05 Å². The molecular weight excluding hydrogens is 240 g/mol. The molecule has 102 valence electrons. The smallest absolute Gasteiger partial charge is 0.161 e. The van der Waals surface area contributed by atoms with E-state index in [1.165, 1.54) is 0 Å². The maximum atomic E-state index is 5.40. The normalized spacial score (nSPS) is 12.4. The minimum absolute atomic E-state index is 0.0106. The van der Waals surface area contributed by atoms with Crippen LogP contribution < -0.4 is 10.1 Å². The van der Waals surface area contributed by atoms with Crippen LogP contribution in [0.5, 0.6) is 5.75 Å². The van der Waals surface area contributed by atoms with Crippen LogP contribution in [0.1, 0.15) is 30.8 Å². The van der Waals surface area contributed by atoms with Crippen LogP contribution in [-0.4, -0.2) is 28.4 Å². The van der Waals surface area contributed by atoms with E-state index in [0.717, 1.165) is 30.1 Å². The summed E-state index contributed by atoms with van der Waals surface area (Å²) in [5, 5.41) is 7.77. The lowest BCUT2D eigenvalue weighted by atomic mass is 10.1. The van der Waals surface area contributed by atoms with E-state index in [-0.39, 0.29) is 6.04 Å². The molecule has 0 bridgehead atoms. The summed E-state index contributed by atoms with van der Waals surface area (Å²) < 4.78 is 7.23. The standard InChI is InChI=1S/C14H20N4O/c1-4-8-16-13(11-7-5-6-9-15-11)14-12(19-3)10-17-18(14)2/h5-7,9-10,13,16H,4,8H2,1-3H3. The summed E-state index contributed by atoms with van der Waals surface area (Å²) >= 11 is 0. The van der Waals surface area contributed by atoms with Crippen molar-refractivity contribution in [1.82, 2.24) is 20.1 Å². The molecule has 0 aliphatic carbocycles. The Morgan fingerprint density at radius 2 is 2.26 bits per heavy atom. The molecule has 2 heterocycles. The van der Waals surface area contributed by atoms with Crippen molar-refractivity contribution in [2.45, 2.75) is 19.4 Å². The second kappa shape index (κ2) is 6.33. The van der Waals surface area contributed by atoms with E-state index in [4.69, 9.17) is 4.74 Å². The fraction of sp³-hybridized carbons (Fsp3) is 0.429.